The Kier molecular flexibility index (Phi) is 8.21. The molecule has 0 aliphatic rings. The molecule has 0 aromatic carbocycles. The summed E-state index contributed by atoms with van der Waals surface area (Å²) in [5, 5.41) is 2.93. The maximum absolute atomic E-state index is 11.8. The highest BCUT2D eigenvalue weighted by Crippen LogP contribution is 2.04. The zero-order valence-corrected chi connectivity index (χ0v) is 11.1. The van der Waals surface area contributed by atoms with Crippen molar-refractivity contribution in [2.24, 2.45) is 11.7 Å². The highest BCUT2D eigenvalue weighted by Gasteiger charge is 2.20. The van der Waals surface area contributed by atoms with Gasteiger partial charge in [0.2, 0.25) is 5.91 Å². The molecule has 0 fully saturated rings. The van der Waals surface area contributed by atoms with Crippen LogP contribution < -0.4 is 11.1 Å². The Morgan fingerprint density at radius 1 is 1.38 bits per heavy atom. The van der Waals surface area contributed by atoms with Crippen molar-refractivity contribution in [3.05, 3.63) is 0 Å². The number of likely N-dealkylation sites (N-methyl/N-ethyl adjacent to an activating group) is 1. The molecule has 2 atom stereocenters. The van der Waals surface area contributed by atoms with Gasteiger partial charge in [0.05, 0.1) is 6.04 Å². The lowest BCUT2D eigenvalue weighted by Gasteiger charge is -2.29. The summed E-state index contributed by atoms with van der Waals surface area (Å²) in [4.78, 5) is 14.0. The Labute approximate surface area is 99.6 Å². The number of nitrogens with zero attached hydrogens (tertiary/aromatic N) is 1. The van der Waals surface area contributed by atoms with E-state index in [0.717, 1.165) is 26.1 Å². The van der Waals surface area contributed by atoms with Crippen molar-refractivity contribution in [1.29, 1.82) is 0 Å². The zero-order valence-electron chi connectivity index (χ0n) is 11.1. The Hall–Kier alpha value is -0.610. The lowest BCUT2D eigenvalue weighted by molar-refractivity contribution is -0.126. The minimum Gasteiger partial charge on any atom is -0.355 e. The second kappa shape index (κ2) is 8.53. The third kappa shape index (κ3) is 5.47. The number of amides is 1. The fourth-order valence-electron chi connectivity index (χ4n) is 1.60. The lowest BCUT2D eigenvalue weighted by atomic mass is 10.1. The molecular formula is C12H27N3O. The lowest BCUT2D eigenvalue weighted by Crippen LogP contribution is -2.47. The standard InChI is InChI=1S/C12H27N3O/c1-5-7-14-12(16)11(4)15(6-2)9-10(3)8-13/h10-11H,5-9,13H2,1-4H3,(H,14,16). The Balaban J connectivity index is 4.17. The molecule has 0 aliphatic carbocycles. The molecule has 0 aromatic rings. The molecule has 0 aliphatic heterocycles. The van der Waals surface area contributed by atoms with Crippen LogP contribution in [0.2, 0.25) is 0 Å². The first-order valence-electron chi connectivity index (χ1n) is 6.28. The predicted octanol–water partition coefficient (Wildman–Crippen LogP) is 0.818. The molecule has 0 radical (unpaired) electrons. The van der Waals surface area contributed by atoms with E-state index in [1.54, 1.807) is 0 Å². The van der Waals surface area contributed by atoms with Crippen LogP contribution in [0, 0.1) is 5.92 Å². The SMILES string of the molecule is CCCNC(=O)C(C)N(CC)CC(C)CN. The van der Waals surface area contributed by atoms with E-state index in [4.69, 9.17) is 5.73 Å². The van der Waals surface area contributed by atoms with E-state index in [-0.39, 0.29) is 11.9 Å². The smallest absolute Gasteiger partial charge is 0.237 e. The number of carbonyl (C=O) groups is 1. The molecule has 0 saturated carbocycles. The van der Waals surface area contributed by atoms with Gasteiger partial charge in [-0.15, -0.1) is 0 Å². The molecule has 4 heteroatoms. The summed E-state index contributed by atoms with van der Waals surface area (Å²) in [6.07, 6.45) is 0.976. The Bertz CT molecular complexity index is 197. The first-order valence-corrected chi connectivity index (χ1v) is 6.28. The van der Waals surface area contributed by atoms with Gasteiger partial charge in [-0.05, 0) is 32.4 Å². The Morgan fingerprint density at radius 2 is 2.00 bits per heavy atom. The fraction of sp³-hybridized carbons (Fsp3) is 0.917. The van der Waals surface area contributed by atoms with Gasteiger partial charge in [0.1, 0.15) is 0 Å². The van der Waals surface area contributed by atoms with Crippen LogP contribution in [0.1, 0.15) is 34.1 Å². The fourth-order valence-corrected chi connectivity index (χ4v) is 1.60. The van der Waals surface area contributed by atoms with E-state index in [2.05, 4.69) is 31.0 Å². The van der Waals surface area contributed by atoms with E-state index >= 15 is 0 Å². The average molecular weight is 229 g/mol. The maximum atomic E-state index is 11.8. The van der Waals surface area contributed by atoms with Gasteiger partial charge in [-0.1, -0.05) is 20.8 Å². The molecule has 16 heavy (non-hydrogen) atoms. The summed E-state index contributed by atoms with van der Waals surface area (Å²) in [7, 11) is 0. The normalized spacial score (nSPS) is 14.9. The van der Waals surface area contributed by atoms with Gasteiger partial charge < -0.3 is 11.1 Å². The van der Waals surface area contributed by atoms with E-state index in [0.29, 0.717) is 12.5 Å². The van der Waals surface area contributed by atoms with Gasteiger partial charge >= 0.3 is 0 Å². The Morgan fingerprint density at radius 3 is 2.44 bits per heavy atom. The average Bonchev–Trinajstić information content (AvgIpc) is 2.31. The number of nitrogens with two attached hydrogens (primary N) is 1. The summed E-state index contributed by atoms with van der Waals surface area (Å²) in [6, 6.07) is -0.0643. The molecule has 0 bridgehead atoms. The molecule has 0 heterocycles. The second-order valence-electron chi connectivity index (χ2n) is 4.40. The number of carbonyl (C=O) groups excluding carboxylic acids is 1. The third-order valence-corrected chi connectivity index (χ3v) is 2.83. The number of rotatable bonds is 8. The minimum absolute atomic E-state index is 0.0643. The summed E-state index contributed by atoms with van der Waals surface area (Å²) >= 11 is 0. The molecule has 96 valence electrons. The van der Waals surface area contributed by atoms with Crippen molar-refractivity contribution in [1.82, 2.24) is 10.2 Å². The third-order valence-electron chi connectivity index (χ3n) is 2.83. The van der Waals surface area contributed by atoms with Gasteiger partial charge in [-0.2, -0.15) is 0 Å². The van der Waals surface area contributed by atoms with Crippen molar-refractivity contribution >= 4 is 5.91 Å². The molecule has 4 nitrogen and oxygen atoms in total. The quantitative estimate of drug-likeness (QED) is 0.648. The number of hydrogen-bond acceptors (Lipinski definition) is 3. The molecule has 0 rings (SSSR count). The maximum Gasteiger partial charge on any atom is 0.237 e. The van der Waals surface area contributed by atoms with Crippen molar-refractivity contribution in [2.75, 3.05) is 26.2 Å². The largest absolute Gasteiger partial charge is 0.355 e. The van der Waals surface area contributed by atoms with Crippen LogP contribution in [0.15, 0.2) is 0 Å². The van der Waals surface area contributed by atoms with Crippen LogP contribution in [0.3, 0.4) is 0 Å². The summed E-state index contributed by atoms with van der Waals surface area (Å²) in [6.45, 7) is 11.4. The second-order valence-corrected chi connectivity index (χ2v) is 4.40. The molecule has 2 unspecified atom stereocenters. The zero-order chi connectivity index (χ0) is 12.6. The molecule has 0 aromatic heterocycles. The van der Waals surface area contributed by atoms with Crippen LogP contribution >= 0.6 is 0 Å². The monoisotopic (exact) mass is 229 g/mol. The van der Waals surface area contributed by atoms with Crippen LogP contribution in [0.25, 0.3) is 0 Å². The van der Waals surface area contributed by atoms with Crippen molar-refractivity contribution in [2.45, 2.75) is 40.2 Å². The van der Waals surface area contributed by atoms with Crippen molar-refractivity contribution < 1.29 is 4.79 Å². The summed E-state index contributed by atoms with van der Waals surface area (Å²) in [5.41, 5.74) is 5.60. The topological polar surface area (TPSA) is 58.4 Å². The molecular weight excluding hydrogens is 202 g/mol. The van der Waals surface area contributed by atoms with Gasteiger partial charge in [-0.3, -0.25) is 9.69 Å². The highest BCUT2D eigenvalue weighted by atomic mass is 16.2. The van der Waals surface area contributed by atoms with Crippen LogP contribution in [0.5, 0.6) is 0 Å². The molecule has 0 spiro atoms. The highest BCUT2D eigenvalue weighted by molar-refractivity contribution is 5.81. The predicted molar refractivity (Wildman–Crippen MR) is 68.2 cm³/mol. The van der Waals surface area contributed by atoms with Crippen molar-refractivity contribution in [3.8, 4) is 0 Å². The van der Waals surface area contributed by atoms with Crippen LogP contribution in [0.4, 0.5) is 0 Å². The van der Waals surface area contributed by atoms with Gasteiger partial charge in [0, 0.05) is 13.1 Å². The van der Waals surface area contributed by atoms with Crippen LogP contribution in [-0.4, -0.2) is 43.0 Å². The van der Waals surface area contributed by atoms with Crippen molar-refractivity contribution in [3.63, 3.8) is 0 Å². The van der Waals surface area contributed by atoms with Gasteiger partial charge in [0.25, 0.3) is 0 Å². The minimum atomic E-state index is -0.0643. The summed E-state index contributed by atoms with van der Waals surface area (Å²) < 4.78 is 0. The molecule has 0 saturated heterocycles. The van der Waals surface area contributed by atoms with E-state index in [1.165, 1.54) is 0 Å². The number of nitrogens with one attached hydrogen (secondary N) is 1. The van der Waals surface area contributed by atoms with Gasteiger partial charge in [-0.25, -0.2) is 0 Å². The number of hydrogen-bond donors (Lipinski definition) is 2. The first-order chi connectivity index (χ1) is 7.56. The summed E-state index contributed by atoms with van der Waals surface area (Å²) in [5.74, 6) is 0.550. The van der Waals surface area contributed by atoms with Crippen LogP contribution in [-0.2, 0) is 4.79 Å². The van der Waals surface area contributed by atoms with E-state index in [9.17, 15) is 4.79 Å². The van der Waals surface area contributed by atoms with E-state index < -0.39 is 0 Å². The van der Waals surface area contributed by atoms with Gasteiger partial charge in [0.15, 0.2) is 0 Å². The molecule has 3 N–H and O–H groups in total. The first kappa shape index (κ1) is 15.4. The van der Waals surface area contributed by atoms with E-state index in [1.807, 2.05) is 6.92 Å². The molecule has 1 amide bonds.